The highest BCUT2D eigenvalue weighted by molar-refractivity contribution is 7.99. The zero-order valence-corrected chi connectivity index (χ0v) is 11.0. The van der Waals surface area contributed by atoms with Gasteiger partial charge in [-0.1, -0.05) is 32.9 Å². The van der Waals surface area contributed by atoms with Gasteiger partial charge < -0.3 is 5.32 Å². The van der Waals surface area contributed by atoms with Crippen LogP contribution in [0.15, 0.2) is 23.1 Å². The first-order valence-electron chi connectivity index (χ1n) is 5.76. The maximum atomic E-state index is 13.6. The fraction of sp³-hybridized carbons (Fsp3) is 0.538. The third-order valence-electron chi connectivity index (χ3n) is 2.21. The Morgan fingerprint density at radius 3 is 2.75 bits per heavy atom. The smallest absolute Gasteiger partial charge is 0.137 e. The molecular formula is C13H20FNS. The number of benzene rings is 1. The molecule has 1 aromatic rings. The summed E-state index contributed by atoms with van der Waals surface area (Å²) >= 11 is 1.57. The highest BCUT2D eigenvalue weighted by atomic mass is 32.2. The lowest BCUT2D eigenvalue weighted by Crippen LogP contribution is -2.19. The molecule has 0 atom stereocenters. The highest BCUT2D eigenvalue weighted by Crippen LogP contribution is 2.25. The highest BCUT2D eigenvalue weighted by Gasteiger charge is 2.07. The maximum absolute atomic E-state index is 13.6. The van der Waals surface area contributed by atoms with Crippen molar-refractivity contribution in [1.82, 2.24) is 5.32 Å². The van der Waals surface area contributed by atoms with Gasteiger partial charge in [-0.25, -0.2) is 4.39 Å². The Balaban J connectivity index is 2.66. The molecule has 90 valence electrons. The van der Waals surface area contributed by atoms with Gasteiger partial charge in [0.1, 0.15) is 5.82 Å². The third kappa shape index (κ3) is 4.14. The molecule has 0 spiro atoms. The van der Waals surface area contributed by atoms with E-state index in [0.29, 0.717) is 5.92 Å². The van der Waals surface area contributed by atoms with Gasteiger partial charge in [0.05, 0.1) is 0 Å². The van der Waals surface area contributed by atoms with Crippen LogP contribution in [0, 0.1) is 11.7 Å². The molecule has 0 radical (unpaired) electrons. The first-order chi connectivity index (χ1) is 7.65. The number of thioether (sulfide) groups is 1. The second kappa shape index (κ2) is 6.92. The molecular weight excluding hydrogens is 221 g/mol. The molecule has 0 saturated heterocycles. The van der Waals surface area contributed by atoms with Gasteiger partial charge in [-0.3, -0.25) is 0 Å². The molecule has 0 aliphatic rings. The van der Waals surface area contributed by atoms with E-state index in [9.17, 15) is 4.39 Å². The van der Waals surface area contributed by atoms with Gasteiger partial charge in [-0.2, -0.15) is 0 Å². The monoisotopic (exact) mass is 241 g/mol. The van der Waals surface area contributed by atoms with Crippen molar-refractivity contribution in [2.75, 3.05) is 12.3 Å². The first kappa shape index (κ1) is 13.5. The lowest BCUT2D eigenvalue weighted by Gasteiger charge is -2.11. The van der Waals surface area contributed by atoms with Crippen molar-refractivity contribution in [3.63, 3.8) is 0 Å². The number of hydrogen-bond acceptors (Lipinski definition) is 2. The van der Waals surface area contributed by atoms with Crippen molar-refractivity contribution in [2.24, 2.45) is 5.92 Å². The SMILES string of the molecule is CCSc1c(F)cccc1CNCC(C)C. The molecule has 1 aromatic carbocycles. The van der Waals surface area contributed by atoms with E-state index in [1.54, 1.807) is 17.8 Å². The summed E-state index contributed by atoms with van der Waals surface area (Å²) in [4.78, 5) is 0.793. The third-order valence-corrected chi connectivity index (χ3v) is 3.24. The van der Waals surface area contributed by atoms with Gasteiger partial charge in [0, 0.05) is 11.4 Å². The summed E-state index contributed by atoms with van der Waals surface area (Å²) in [7, 11) is 0. The summed E-state index contributed by atoms with van der Waals surface area (Å²) in [5.41, 5.74) is 1.06. The van der Waals surface area contributed by atoms with Crippen LogP contribution in [-0.2, 0) is 6.54 Å². The van der Waals surface area contributed by atoms with Crippen LogP contribution in [0.5, 0.6) is 0 Å². The van der Waals surface area contributed by atoms with Crippen LogP contribution in [0.1, 0.15) is 26.3 Å². The molecule has 3 heteroatoms. The first-order valence-corrected chi connectivity index (χ1v) is 6.74. The second-order valence-corrected chi connectivity index (χ2v) is 5.46. The van der Waals surface area contributed by atoms with E-state index in [-0.39, 0.29) is 5.82 Å². The van der Waals surface area contributed by atoms with E-state index in [0.717, 1.165) is 29.3 Å². The molecule has 0 amide bonds. The predicted molar refractivity (Wildman–Crippen MR) is 69.3 cm³/mol. The van der Waals surface area contributed by atoms with E-state index in [4.69, 9.17) is 0 Å². The van der Waals surface area contributed by atoms with E-state index >= 15 is 0 Å². The van der Waals surface area contributed by atoms with Crippen LogP contribution in [0.3, 0.4) is 0 Å². The largest absolute Gasteiger partial charge is 0.312 e. The lowest BCUT2D eigenvalue weighted by atomic mass is 10.2. The van der Waals surface area contributed by atoms with Crippen LogP contribution >= 0.6 is 11.8 Å². The molecule has 0 saturated carbocycles. The van der Waals surface area contributed by atoms with Gasteiger partial charge in [-0.05, 0) is 29.8 Å². The van der Waals surface area contributed by atoms with Crippen LogP contribution in [-0.4, -0.2) is 12.3 Å². The van der Waals surface area contributed by atoms with E-state index in [2.05, 4.69) is 19.2 Å². The Bertz CT molecular complexity index is 326. The van der Waals surface area contributed by atoms with Gasteiger partial charge in [0.2, 0.25) is 0 Å². The number of halogens is 1. The van der Waals surface area contributed by atoms with E-state index < -0.39 is 0 Å². The van der Waals surface area contributed by atoms with E-state index in [1.165, 1.54) is 6.07 Å². The van der Waals surface area contributed by atoms with Crippen molar-refractivity contribution in [3.05, 3.63) is 29.6 Å². The molecule has 0 heterocycles. The second-order valence-electron chi connectivity index (χ2n) is 4.19. The minimum Gasteiger partial charge on any atom is -0.312 e. The molecule has 0 aliphatic carbocycles. The zero-order valence-electron chi connectivity index (χ0n) is 10.2. The molecule has 1 rings (SSSR count). The molecule has 0 aromatic heterocycles. The summed E-state index contributed by atoms with van der Waals surface area (Å²) in [6.07, 6.45) is 0. The average molecular weight is 241 g/mol. The van der Waals surface area contributed by atoms with Crippen LogP contribution in [0.4, 0.5) is 4.39 Å². The molecule has 16 heavy (non-hydrogen) atoms. The number of nitrogens with one attached hydrogen (secondary N) is 1. The Morgan fingerprint density at radius 2 is 2.12 bits per heavy atom. The van der Waals surface area contributed by atoms with Crippen molar-refractivity contribution in [2.45, 2.75) is 32.2 Å². The van der Waals surface area contributed by atoms with Crippen LogP contribution in [0.25, 0.3) is 0 Å². The van der Waals surface area contributed by atoms with Crippen LogP contribution < -0.4 is 5.32 Å². The number of hydrogen-bond donors (Lipinski definition) is 1. The normalized spacial score (nSPS) is 11.1. The van der Waals surface area contributed by atoms with Crippen molar-refractivity contribution in [1.29, 1.82) is 0 Å². The van der Waals surface area contributed by atoms with Crippen molar-refractivity contribution in [3.8, 4) is 0 Å². The molecule has 0 bridgehead atoms. The Kier molecular flexibility index (Phi) is 5.85. The summed E-state index contributed by atoms with van der Waals surface area (Å²) in [6, 6.07) is 5.31. The maximum Gasteiger partial charge on any atom is 0.137 e. The molecule has 1 nitrogen and oxygen atoms in total. The molecule has 0 unspecified atom stereocenters. The molecule has 1 N–H and O–H groups in total. The van der Waals surface area contributed by atoms with Gasteiger partial charge in [-0.15, -0.1) is 11.8 Å². The van der Waals surface area contributed by atoms with Crippen molar-refractivity contribution >= 4 is 11.8 Å². The fourth-order valence-corrected chi connectivity index (χ4v) is 2.31. The minimum atomic E-state index is -0.101. The lowest BCUT2D eigenvalue weighted by molar-refractivity contribution is 0.543. The number of rotatable bonds is 6. The van der Waals surface area contributed by atoms with Crippen LogP contribution in [0.2, 0.25) is 0 Å². The predicted octanol–water partition coefficient (Wildman–Crippen LogP) is 3.68. The molecule has 0 aliphatic heterocycles. The summed E-state index contributed by atoms with van der Waals surface area (Å²) in [6.45, 7) is 8.09. The van der Waals surface area contributed by atoms with Gasteiger partial charge in [0.25, 0.3) is 0 Å². The van der Waals surface area contributed by atoms with Gasteiger partial charge in [0.15, 0.2) is 0 Å². The topological polar surface area (TPSA) is 12.0 Å². The average Bonchev–Trinajstić information content (AvgIpc) is 2.22. The Morgan fingerprint density at radius 1 is 1.38 bits per heavy atom. The van der Waals surface area contributed by atoms with E-state index in [1.807, 2.05) is 13.0 Å². The Hall–Kier alpha value is -0.540. The summed E-state index contributed by atoms with van der Waals surface area (Å²) in [5, 5.41) is 3.35. The van der Waals surface area contributed by atoms with Gasteiger partial charge >= 0.3 is 0 Å². The fourth-order valence-electron chi connectivity index (χ4n) is 1.49. The zero-order chi connectivity index (χ0) is 12.0. The summed E-state index contributed by atoms with van der Waals surface area (Å²) in [5.74, 6) is 1.42. The minimum absolute atomic E-state index is 0.101. The summed E-state index contributed by atoms with van der Waals surface area (Å²) < 4.78 is 13.6. The Labute approximate surface area is 102 Å². The quantitative estimate of drug-likeness (QED) is 0.762. The molecule has 0 fully saturated rings. The standard InChI is InChI=1S/C13H20FNS/c1-4-16-13-11(6-5-7-12(13)14)9-15-8-10(2)3/h5-7,10,15H,4,8-9H2,1-3H3. The van der Waals surface area contributed by atoms with Crippen molar-refractivity contribution < 1.29 is 4.39 Å².